The van der Waals surface area contributed by atoms with Gasteiger partial charge in [-0.3, -0.25) is 9.59 Å². The van der Waals surface area contributed by atoms with Crippen molar-refractivity contribution in [2.75, 3.05) is 46.1 Å². The van der Waals surface area contributed by atoms with Crippen LogP contribution in [0.15, 0.2) is 0 Å². The topological polar surface area (TPSA) is 96.9 Å². The first-order chi connectivity index (χ1) is 16.2. The zero-order valence-electron chi connectivity index (χ0n) is 21.3. The van der Waals surface area contributed by atoms with Crippen LogP contribution in [0.5, 0.6) is 0 Å². The van der Waals surface area contributed by atoms with Gasteiger partial charge in [0.05, 0.1) is 26.4 Å². The predicted octanol–water partition coefficient (Wildman–Crippen LogP) is 4.51. The molecule has 7 heteroatoms. The smallest absolute Gasteiger partial charge is 0.246 e. The first-order valence-electron chi connectivity index (χ1n) is 13.5. The van der Waals surface area contributed by atoms with E-state index < -0.39 is 0 Å². The van der Waals surface area contributed by atoms with Gasteiger partial charge in [0, 0.05) is 19.5 Å². The van der Waals surface area contributed by atoms with E-state index in [9.17, 15) is 9.59 Å². The van der Waals surface area contributed by atoms with Gasteiger partial charge < -0.3 is 25.2 Å². The van der Waals surface area contributed by atoms with E-state index in [-0.39, 0.29) is 31.6 Å². The Bertz CT molecular complexity index is 435. The summed E-state index contributed by atoms with van der Waals surface area (Å²) in [5.41, 5.74) is 0. The maximum Gasteiger partial charge on any atom is 0.246 e. The molecule has 0 rings (SSSR count). The molecule has 0 saturated carbocycles. The highest BCUT2D eigenvalue weighted by Gasteiger charge is 2.02. The second-order valence-corrected chi connectivity index (χ2v) is 8.79. The molecule has 33 heavy (non-hydrogen) atoms. The summed E-state index contributed by atoms with van der Waals surface area (Å²) >= 11 is 0. The average molecular weight is 473 g/mol. The number of ether oxygens (including phenoxy) is 2. The molecular weight excluding hydrogens is 420 g/mol. The summed E-state index contributed by atoms with van der Waals surface area (Å²) in [6, 6.07) is 0. The van der Waals surface area contributed by atoms with Gasteiger partial charge in [-0.2, -0.15) is 0 Å². The lowest BCUT2D eigenvalue weighted by Gasteiger charge is -2.08. The molecule has 0 spiro atoms. The standard InChI is InChI=1S/C26H52N2O5/c1-2-3-4-5-6-7-8-9-10-11-12-13-14-15-16-17-25(30)28-19-21-32-22-23-33-24-26(31)27-18-20-29/h29H,2-24H2,1H3,(H,27,31)(H,28,30). The second-order valence-electron chi connectivity index (χ2n) is 8.79. The predicted molar refractivity (Wildman–Crippen MR) is 134 cm³/mol. The van der Waals surface area contributed by atoms with Crippen LogP contribution in [0.1, 0.15) is 110 Å². The van der Waals surface area contributed by atoms with Gasteiger partial charge in [0.2, 0.25) is 11.8 Å². The molecule has 2 amide bonds. The molecule has 7 nitrogen and oxygen atoms in total. The van der Waals surface area contributed by atoms with Crippen molar-refractivity contribution < 1.29 is 24.2 Å². The minimum Gasteiger partial charge on any atom is -0.395 e. The summed E-state index contributed by atoms with van der Waals surface area (Å²) in [4.78, 5) is 23.0. The van der Waals surface area contributed by atoms with E-state index in [2.05, 4.69) is 17.6 Å². The average Bonchev–Trinajstić information content (AvgIpc) is 2.81. The summed E-state index contributed by atoms with van der Waals surface area (Å²) in [6.45, 7) is 4.00. The molecule has 196 valence electrons. The number of carbonyl (C=O) groups is 2. The van der Waals surface area contributed by atoms with Crippen molar-refractivity contribution in [2.45, 2.75) is 110 Å². The molecule has 0 atom stereocenters. The number of aliphatic hydroxyl groups excluding tert-OH is 1. The summed E-state index contributed by atoms with van der Waals surface area (Å²) in [5.74, 6) is -0.166. The number of hydrogen-bond acceptors (Lipinski definition) is 5. The van der Waals surface area contributed by atoms with Gasteiger partial charge in [-0.15, -0.1) is 0 Å². The Labute approximate surface area is 202 Å². The van der Waals surface area contributed by atoms with Crippen LogP contribution in [0.3, 0.4) is 0 Å². The highest BCUT2D eigenvalue weighted by molar-refractivity contribution is 5.77. The third-order valence-corrected chi connectivity index (χ3v) is 5.62. The highest BCUT2D eigenvalue weighted by atomic mass is 16.5. The highest BCUT2D eigenvalue weighted by Crippen LogP contribution is 2.13. The molecule has 0 aliphatic rings. The van der Waals surface area contributed by atoms with E-state index in [1.54, 1.807) is 0 Å². The lowest BCUT2D eigenvalue weighted by Crippen LogP contribution is -2.30. The Morgan fingerprint density at radius 3 is 1.64 bits per heavy atom. The first-order valence-corrected chi connectivity index (χ1v) is 13.5. The number of hydrogen-bond donors (Lipinski definition) is 3. The Balaban J connectivity index is 3.20. The van der Waals surface area contributed by atoms with E-state index >= 15 is 0 Å². The largest absolute Gasteiger partial charge is 0.395 e. The maximum absolute atomic E-state index is 11.8. The molecule has 0 aliphatic carbocycles. The summed E-state index contributed by atoms with van der Waals surface area (Å²) < 4.78 is 10.5. The third kappa shape index (κ3) is 26.9. The maximum atomic E-state index is 11.8. The van der Waals surface area contributed by atoms with Crippen molar-refractivity contribution in [1.29, 1.82) is 0 Å². The third-order valence-electron chi connectivity index (χ3n) is 5.62. The van der Waals surface area contributed by atoms with Crippen molar-refractivity contribution in [3.05, 3.63) is 0 Å². The van der Waals surface area contributed by atoms with Gasteiger partial charge in [-0.1, -0.05) is 96.8 Å². The van der Waals surface area contributed by atoms with E-state index in [0.29, 0.717) is 32.8 Å². The summed E-state index contributed by atoms with van der Waals surface area (Å²) in [5, 5.41) is 14.0. The number of aliphatic hydroxyl groups is 1. The van der Waals surface area contributed by atoms with Crippen LogP contribution >= 0.6 is 0 Å². The molecule has 0 aromatic rings. The van der Waals surface area contributed by atoms with Crippen LogP contribution < -0.4 is 10.6 Å². The van der Waals surface area contributed by atoms with E-state index in [1.807, 2.05) is 0 Å². The Kier molecular flexibility index (Phi) is 26.1. The van der Waals surface area contributed by atoms with Crippen molar-refractivity contribution in [3.63, 3.8) is 0 Å². The van der Waals surface area contributed by atoms with Crippen LogP contribution in [-0.2, 0) is 19.1 Å². The SMILES string of the molecule is CCCCCCCCCCCCCCCCCC(=O)NCCOCCOCC(=O)NCCO. The Morgan fingerprint density at radius 1 is 0.606 bits per heavy atom. The normalized spacial score (nSPS) is 11.0. The number of carbonyl (C=O) groups excluding carboxylic acids is 2. The molecule has 0 bridgehead atoms. The molecule has 0 aromatic carbocycles. The fourth-order valence-electron chi connectivity index (χ4n) is 3.64. The molecule has 0 aliphatic heterocycles. The number of amides is 2. The number of unbranched alkanes of at least 4 members (excludes halogenated alkanes) is 14. The van der Waals surface area contributed by atoms with Gasteiger partial charge in [0.1, 0.15) is 6.61 Å². The molecule has 0 saturated heterocycles. The first kappa shape index (κ1) is 31.8. The fraction of sp³-hybridized carbons (Fsp3) is 0.923. The van der Waals surface area contributed by atoms with E-state index in [0.717, 1.165) is 12.8 Å². The lowest BCUT2D eigenvalue weighted by molar-refractivity contribution is -0.126. The lowest BCUT2D eigenvalue weighted by atomic mass is 10.0. The van der Waals surface area contributed by atoms with E-state index in [1.165, 1.54) is 83.5 Å². The molecule has 0 aromatic heterocycles. The Hall–Kier alpha value is -1.18. The molecule has 0 fully saturated rings. The second kappa shape index (κ2) is 27.1. The quantitative estimate of drug-likeness (QED) is 0.161. The van der Waals surface area contributed by atoms with Crippen LogP contribution in [0, 0.1) is 0 Å². The van der Waals surface area contributed by atoms with E-state index in [4.69, 9.17) is 14.6 Å². The van der Waals surface area contributed by atoms with Gasteiger partial charge in [-0.25, -0.2) is 0 Å². The molecule has 0 unspecified atom stereocenters. The zero-order valence-corrected chi connectivity index (χ0v) is 21.3. The summed E-state index contributed by atoms with van der Waals surface area (Å²) in [6.07, 6.45) is 20.5. The minimum absolute atomic E-state index is 0.0423. The van der Waals surface area contributed by atoms with Crippen molar-refractivity contribution in [1.82, 2.24) is 10.6 Å². The number of nitrogens with one attached hydrogen (secondary N) is 2. The van der Waals surface area contributed by atoms with Crippen LogP contribution in [0.25, 0.3) is 0 Å². The van der Waals surface area contributed by atoms with Gasteiger partial charge >= 0.3 is 0 Å². The molecule has 0 radical (unpaired) electrons. The molecule has 3 N–H and O–H groups in total. The minimum atomic E-state index is -0.255. The zero-order chi connectivity index (χ0) is 24.2. The summed E-state index contributed by atoms with van der Waals surface area (Å²) in [7, 11) is 0. The van der Waals surface area contributed by atoms with Crippen molar-refractivity contribution in [3.8, 4) is 0 Å². The van der Waals surface area contributed by atoms with Gasteiger partial charge in [0.15, 0.2) is 0 Å². The van der Waals surface area contributed by atoms with Crippen LogP contribution in [0.2, 0.25) is 0 Å². The van der Waals surface area contributed by atoms with Crippen molar-refractivity contribution in [2.24, 2.45) is 0 Å². The molecule has 0 heterocycles. The van der Waals surface area contributed by atoms with Crippen LogP contribution in [-0.4, -0.2) is 63.0 Å². The van der Waals surface area contributed by atoms with Gasteiger partial charge in [-0.05, 0) is 6.42 Å². The fourth-order valence-corrected chi connectivity index (χ4v) is 3.64. The van der Waals surface area contributed by atoms with Crippen LogP contribution in [0.4, 0.5) is 0 Å². The molecular formula is C26H52N2O5. The monoisotopic (exact) mass is 472 g/mol. The van der Waals surface area contributed by atoms with Gasteiger partial charge in [0.25, 0.3) is 0 Å². The number of rotatable bonds is 26. The Morgan fingerprint density at radius 2 is 1.09 bits per heavy atom. The van der Waals surface area contributed by atoms with Crippen molar-refractivity contribution >= 4 is 11.8 Å².